The van der Waals surface area contributed by atoms with Crippen molar-refractivity contribution in [1.29, 1.82) is 0 Å². The minimum atomic E-state index is -4.02. The van der Waals surface area contributed by atoms with Crippen molar-refractivity contribution in [2.24, 2.45) is 0 Å². The fourth-order valence-corrected chi connectivity index (χ4v) is 5.30. The maximum atomic E-state index is 13.0. The summed E-state index contributed by atoms with van der Waals surface area (Å²) in [6.45, 7) is 4.47. The Balaban J connectivity index is 1.43. The molecule has 1 N–H and O–H groups in total. The Bertz CT molecular complexity index is 1380. The summed E-state index contributed by atoms with van der Waals surface area (Å²) in [6, 6.07) is 13.3. The third-order valence-corrected chi connectivity index (χ3v) is 7.53. The zero-order chi connectivity index (χ0) is 26.6. The molecule has 0 spiro atoms. The number of nitrogens with one attached hydrogen (secondary N) is 1. The maximum absolute atomic E-state index is 13.0. The first-order valence-electron chi connectivity index (χ1n) is 11.4. The second kappa shape index (κ2) is 11.1. The molecule has 1 fully saturated rings. The molecule has 2 heterocycles. The quantitative estimate of drug-likeness (QED) is 0.451. The highest BCUT2D eigenvalue weighted by Gasteiger charge is 2.22. The van der Waals surface area contributed by atoms with E-state index in [1.165, 1.54) is 38.6 Å². The average Bonchev–Trinajstić information content (AvgIpc) is 2.90. The number of benzene rings is 2. The molecule has 1 aliphatic rings. The Morgan fingerprint density at radius 3 is 2.24 bits per heavy atom. The second-order valence-corrected chi connectivity index (χ2v) is 10.3. The Kier molecular flexibility index (Phi) is 7.94. The fourth-order valence-electron chi connectivity index (χ4n) is 3.88. The topological polar surface area (TPSA) is 110 Å². The van der Waals surface area contributed by atoms with E-state index in [9.17, 15) is 13.2 Å². The van der Waals surface area contributed by atoms with Crippen LogP contribution < -0.4 is 23.8 Å². The molecule has 0 saturated carbocycles. The van der Waals surface area contributed by atoms with E-state index in [-0.39, 0.29) is 33.1 Å². The van der Waals surface area contributed by atoms with Crippen molar-refractivity contribution in [2.45, 2.75) is 11.8 Å². The van der Waals surface area contributed by atoms with E-state index in [4.69, 9.17) is 25.8 Å². The minimum Gasteiger partial charge on any atom is -0.497 e. The molecule has 0 aliphatic carbocycles. The highest BCUT2D eigenvalue weighted by molar-refractivity contribution is 7.92. The number of piperazine rings is 1. The first kappa shape index (κ1) is 26.4. The van der Waals surface area contributed by atoms with Crippen molar-refractivity contribution >= 4 is 38.9 Å². The van der Waals surface area contributed by atoms with Crippen LogP contribution in [0.15, 0.2) is 59.6 Å². The van der Waals surface area contributed by atoms with Crippen LogP contribution in [0.4, 0.5) is 11.4 Å². The van der Waals surface area contributed by atoms with Gasteiger partial charge in [0.05, 0.1) is 26.1 Å². The highest BCUT2D eigenvalue weighted by Crippen LogP contribution is 2.33. The lowest BCUT2D eigenvalue weighted by molar-refractivity contribution is -0.129. The number of carbonyl (C=O) groups is 1. The van der Waals surface area contributed by atoms with Gasteiger partial charge in [-0.05, 0) is 42.5 Å². The predicted molar refractivity (Wildman–Crippen MR) is 141 cm³/mol. The van der Waals surface area contributed by atoms with Gasteiger partial charge in [-0.2, -0.15) is 0 Å². The molecule has 0 unspecified atom stereocenters. The van der Waals surface area contributed by atoms with Crippen molar-refractivity contribution in [3.05, 3.63) is 59.8 Å². The van der Waals surface area contributed by atoms with Crippen LogP contribution in [0, 0.1) is 0 Å². The first-order chi connectivity index (χ1) is 17.7. The Morgan fingerprint density at radius 1 is 0.973 bits per heavy atom. The summed E-state index contributed by atoms with van der Waals surface area (Å²) in [5.74, 6) is 1.27. The van der Waals surface area contributed by atoms with Gasteiger partial charge in [-0.25, -0.2) is 13.4 Å². The lowest BCUT2D eigenvalue weighted by atomic mass is 10.2. The molecule has 1 aromatic heterocycles. The SMILES string of the molecule is COc1ccc(OC)c(S(=O)(=O)Nc2cnc(Oc3ccc(N4CCN(C(C)=O)CC4)cc3)c(Cl)c2)c1. The average molecular weight is 547 g/mol. The van der Waals surface area contributed by atoms with E-state index in [1.807, 2.05) is 17.0 Å². The number of carbonyl (C=O) groups excluding carboxylic acids is 1. The normalized spacial score (nSPS) is 13.7. The van der Waals surface area contributed by atoms with Crippen molar-refractivity contribution in [1.82, 2.24) is 9.88 Å². The summed E-state index contributed by atoms with van der Waals surface area (Å²) in [6.07, 6.45) is 1.31. The van der Waals surface area contributed by atoms with Crippen molar-refractivity contribution in [3.8, 4) is 23.1 Å². The Hall–Kier alpha value is -3.70. The highest BCUT2D eigenvalue weighted by atomic mass is 35.5. The summed E-state index contributed by atoms with van der Waals surface area (Å²) < 4.78 is 44.5. The summed E-state index contributed by atoms with van der Waals surface area (Å²) in [5.41, 5.74) is 1.18. The van der Waals surface area contributed by atoms with Crippen LogP contribution >= 0.6 is 11.6 Å². The number of sulfonamides is 1. The monoisotopic (exact) mass is 546 g/mol. The number of halogens is 1. The number of rotatable bonds is 8. The number of hydrogen-bond donors (Lipinski definition) is 1. The zero-order valence-corrected chi connectivity index (χ0v) is 22.2. The van der Waals surface area contributed by atoms with Crippen LogP contribution in [0.25, 0.3) is 0 Å². The summed E-state index contributed by atoms with van der Waals surface area (Å²) in [4.78, 5) is 19.6. The van der Waals surface area contributed by atoms with Gasteiger partial charge >= 0.3 is 0 Å². The number of nitrogens with zero attached hydrogens (tertiary/aromatic N) is 3. The summed E-state index contributed by atoms with van der Waals surface area (Å²) in [7, 11) is -1.20. The van der Waals surface area contributed by atoms with Gasteiger partial charge in [-0.1, -0.05) is 11.6 Å². The molecule has 1 aliphatic heterocycles. The van der Waals surface area contributed by atoms with Crippen LogP contribution in [0.5, 0.6) is 23.1 Å². The number of aromatic nitrogens is 1. The molecule has 0 radical (unpaired) electrons. The van der Waals surface area contributed by atoms with E-state index in [0.29, 0.717) is 24.6 Å². The molecule has 196 valence electrons. The third-order valence-electron chi connectivity index (χ3n) is 5.86. The number of amides is 1. The van der Waals surface area contributed by atoms with Crippen molar-refractivity contribution in [3.63, 3.8) is 0 Å². The van der Waals surface area contributed by atoms with Crippen molar-refractivity contribution in [2.75, 3.05) is 50.0 Å². The molecule has 0 bridgehead atoms. The number of anilines is 2. The number of hydrogen-bond acceptors (Lipinski definition) is 8. The molecule has 1 amide bonds. The van der Waals surface area contributed by atoms with Gasteiger partial charge in [0.25, 0.3) is 10.0 Å². The van der Waals surface area contributed by atoms with E-state index in [1.54, 1.807) is 25.1 Å². The molecular formula is C25H27ClN4O6S. The van der Waals surface area contributed by atoms with Gasteiger partial charge in [-0.3, -0.25) is 9.52 Å². The summed E-state index contributed by atoms with van der Waals surface area (Å²) in [5, 5.41) is 0.127. The van der Waals surface area contributed by atoms with Gasteiger partial charge in [0, 0.05) is 44.9 Å². The largest absolute Gasteiger partial charge is 0.497 e. The Labute approximate surface area is 220 Å². The molecule has 0 atom stereocenters. The minimum absolute atomic E-state index is 0.0893. The molecule has 3 aromatic rings. The molecule has 1 saturated heterocycles. The smallest absolute Gasteiger partial charge is 0.265 e. The van der Waals surface area contributed by atoms with Crippen LogP contribution in [-0.4, -0.2) is 64.6 Å². The van der Waals surface area contributed by atoms with E-state index < -0.39 is 10.0 Å². The van der Waals surface area contributed by atoms with Crippen molar-refractivity contribution < 1.29 is 27.4 Å². The van der Waals surface area contributed by atoms with Gasteiger partial charge < -0.3 is 24.0 Å². The fraction of sp³-hybridized carbons (Fsp3) is 0.280. The lowest BCUT2D eigenvalue weighted by Crippen LogP contribution is -2.48. The summed E-state index contributed by atoms with van der Waals surface area (Å²) >= 11 is 6.35. The second-order valence-electron chi connectivity index (χ2n) is 8.22. The van der Waals surface area contributed by atoms with E-state index in [2.05, 4.69) is 14.6 Å². The van der Waals surface area contributed by atoms with E-state index >= 15 is 0 Å². The number of methoxy groups -OCH3 is 2. The first-order valence-corrected chi connectivity index (χ1v) is 13.2. The van der Waals surface area contributed by atoms with Gasteiger partial charge in [-0.15, -0.1) is 0 Å². The number of ether oxygens (including phenoxy) is 3. The molecule has 4 rings (SSSR count). The molecular weight excluding hydrogens is 520 g/mol. The van der Waals surface area contributed by atoms with Crippen LogP contribution in [0.3, 0.4) is 0 Å². The standard InChI is InChI=1S/C25H27ClN4O6S/c1-17(31)29-10-12-30(13-11-29)19-4-6-20(7-5-19)36-25-22(26)14-18(16-27-25)28-37(32,33)24-15-21(34-2)8-9-23(24)35-3/h4-9,14-16,28H,10-13H2,1-3H3. The van der Waals surface area contributed by atoms with Crippen LogP contribution in [0.2, 0.25) is 5.02 Å². The Morgan fingerprint density at radius 2 is 1.65 bits per heavy atom. The predicted octanol–water partition coefficient (Wildman–Crippen LogP) is 4.01. The molecule has 10 nitrogen and oxygen atoms in total. The molecule has 2 aromatic carbocycles. The van der Waals surface area contributed by atoms with Gasteiger partial charge in [0.15, 0.2) is 0 Å². The molecule has 12 heteroatoms. The zero-order valence-electron chi connectivity index (χ0n) is 20.6. The van der Waals surface area contributed by atoms with Gasteiger partial charge in [0.2, 0.25) is 11.8 Å². The maximum Gasteiger partial charge on any atom is 0.265 e. The van der Waals surface area contributed by atoms with E-state index in [0.717, 1.165) is 18.8 Å². The number of pyridine rings is 1. The lowest BCUT2D eigenvalue weighted by Gasteiger charge is -2.35. The third kappa shape index (κ3) is 6.17. The van der Waals surface area contributed by atoms with Crippen LogP contribution in [-0.2, 0) is 14.8 Å². The van der Waals surface area contributed by atoms with Crippen LogP contribution in [0.1, 0.15) is 6.92 Å². The molecule has 37 heavy (non-hydrogen) atoms. The van der Waals surface area contributed by atoms with Gasteiger partial charge in [0.1, 0.15) is 27.2 Å².